The Kier molecular flexibility index (Phi) is 2.42. The predicted octanol–water partition coefficient (Wildman–Crippen LogP) is 3.51. The van der Waals surface area contributed by atoms with Crippen LogP contribution in [-0.2, 0) is 0 Å². The largest absolute Gasteiger partial charge is 0.478 e. The number of carboxylic acids is 1. The summed E-state index contributed by atoms with van der Waals surface area (Å²) >= 11 is 6.30. The van der Waals surface area contributed by atoms with E-state index in [1.807, 2.05) is 25.1 Å². The molecule has 2 aromatic heterocycles. The van der Waals surface area contributed by atoms with Crippen molar-refractivity contribution in [1.29, 1.82) is 0 Å². The number of fused-ring (bicyclic) bond motifs is 2. The number of thiazole rings is 1. The summed E-state index contributed by atoms with van der Waals surface area (Å²) in [4.78, 5) is 18.8. The lowest BCUT2D eigenvalue weighted by Gasteiger charge is -2.04. The molecule has 0 saturated heterocycles. The number of aromatic amines is 1. The van der Waals surface area contributed by atoms with E-state index in [1.54, 1.807) is 0 Å². The summed E-state index contributed by atoms with van der Waals surface area (Å²) in [5.74, 6) is -0.955. The van der Waals surface area contributed by atoms with Gasteiger partial charge >= 0.3 is 5.97 Å². The summed E-state index contributed by atoms with van der Waals surface area (Å²) in [6.07, 6.45) is 0. The fourth-order valence-corrected chi connectivity index (χ4v) is 3.14. The maximum atomic E-state index is 11.5. The van der Waals surface area contributed by atoms with E-state index in [0.717, 1.165) is 5.56 Å². The third kappa shape index (κ3) is 1.61. The summed E-state index contributed by atoms with van der Waals surface area (Å²) in [6.45, 7) is 1.92. The van der Waals surface area contributed by atoms with Gasteiger partial charge in [0.25, 0.3) is 0 Å². The average Bonchev–Trinajstić information content (AvgIpc) is 2.65. The van der Waals surface area contributed by atoms with Gasteiger partial charge in [0.15, 0.2) is 9.60 Å². The molecule has 0 amide bonds. The SMILES string of the molecule is Cc1ccc2nc3[nH]c(=S)sc3c(C(=O)O)c2c1. The first-order valence-electron chi connectivity index (χ1n) is 5.23. The second-order valence-electron chi connectivity index (χ2n) is 4.00. The summed E-state index contributed by atoms with van der Waals surface area (Å²) in [7, 11) is 0. The van der Waals surface area contributed by atoms with E-state index in [2.05, 4.69) is 9.97 Å². The van der Waals surface area contributed by atoms with Gasteiger partial charge in [-0.3, -0.25) is 0 Å². The quantitative estimate of drug-likeness (QED) is 0.667. The van der Waals surface area contributed by atoms with Gasteiger partial charge < -0.3 is 10.1 Å². The second kappa shape index (κ2) is 3.86. The number of rotatable bonds is 1. The summed E-state index contributed by atoms with van der Waals surface area (Å²) in [5.41, 5.74) is 2.48. The van der Waals surface area contributed by atoms with Crippen molar-refractivity contribution in [3.8, 4) is 0 Å². The molecule has 0 atom stereocenters. The molecule has 2 heterocycles. The molecule has 6 heteroatoms. The number of pyridine rings is 1. The summed E-state index contributed by atoms with van der Waals surface area (Å²) < 4.78 is 1.14. The number of hydrogen-bond acceptors (Lipinski definition) is 4. The zero-order valence-electron chi connectivity index (χ0n) is 9.35. The van der Waals surface area contributed by atoms with Gasteiger partial charge in [0, 0.05) is 5.39 Å². The zero-order valence-corrected chi connectivity index (χ0v) is 11.0. The topological polar surface area (TPSA) is 66.0 Å². The number of aryl methyl sites for hydroxylation is 1. The molecule has 18 heavy (non-hydrogen) atoms. The number of aromatic carboxylic acids is 1. The lowest BCUT2D eigenvalue weighted by molar-refractivity contribution is 0.0701. The Hall–Kier alpha value is -1.79. The van der Waals surface area contributed by atoms with Gasteiger partial charge in [-0.25, -0.2) is 9.78 Å². The highest BCUT2D eigenvalue weighted by Gasteiger charge is 2.17. The molecule has 0 radical (unpaired) electrons. The van der Waals surface area contributed by atoms with Crippen molar-refractivity contribution in [1.82, 2.24) is 9.97 Å². The molecule has 0 aliphatic heterocycles. The number of aromatic nitrogens is 2. The van der Waals surface area contributed by atoms with Crippen molar-refractivity contribution in [3.63, 3.8) is 0 Å². The molecule has 90 valence electrons. The standard InChI is InChI=1S/C12H8N2O2S2/c1-5-2-3-7-6(4-5)8(11(15)16)9-10(13-7)14-12(17)18-9/h2-4H,1H3,(H,15,16)(H,13,14,17). The Bertz CT molecular complexity index is 848. The van der Waals surface area contributed by atoms with Crippen LogP contribution >= 0.6 is 23.6 Å². The van der Waals surface area contributed by atoms with Crippen LogP contribution in [0.2, 0.25) is 0 Å². The third-order valence-electron chi connectivity index (χ3n) is 2.72. The molecule has 0 aliphatic rings. The van der Waals surface area contributed by atoms with Crippen molar-refractivity contribution in [2.75, 3.05) is 0 Å². The number of nitrogens with one attached hydrogen (secondary N) is 1. The monoisotopic (exact) mass is 276 g/mol. The zero-order chi connectivity index (χ0) is 12.9. The molecule has 3 rings (SSSR count). The lowest BCUT2D eigenvalue weighted by Crippen LogP contribution is -1.99. The van der Waals surface area contributed by atoms with Crippen LogP contribution in [0.15, 0.2) is 18.2 Å². The van der Waals surface area contributed by atoms with Crippen LogP contribution < -0.4 is 0 Å². The minimum atomic E-state index is -0.955. The number of hydrogen-bond donors (Lipinski definition) is 2. The smallest absolute Gasteiger partial charge is 0.337 e. The number of nitrogens with zero attached hydrogens (tertiary/aromatic N) is 1. The number of carboxylic acid groups (broad SMARTS) is 1. The van der Waals surface area contributed by atoms with Crippen LogP contribution in [-0.4, -0.2) is 21.0 Å². The van der Waals surface area contributed by atoms with Crippen molar-refractivity contribution >= 4 is 50.8 Å². The predicted molar refractivity (Wildman–Crippen MR) is 74.0 cm³/mol. The molecule has 0 aliphatic carbocycles. The number of carbonyl (C=O) groups is 1. The van der Waals surface area contributed by atoms with Crippen LogP contribution in [0.25, 0.3) is 21.3 Å². The van der Waals surface area contributed by atoms with Crippen molar-refractivity contribution in [2.24, 2.45) is 0 Å². The maximum Gasteiger partial charge on any atom is 0.337 e. The van der Waals surface area contributed by atoms with Gasteiger partial charge in [-0.15, -0.1) is 11.3 Å². The molecule has 0 bridgehead atoms. The van der Waals surface area contributed by atoms with Gasteiger partial charge in [0.05, 0.1) is 15.8 Å². The Morgan fingerprint density at radius 2 is 2.28 bits per heavy atom. The van der Waals surface area contributed by atoms with Crippen LogP contribution in [0.5, 0.6) is 0 Å². The minimum Gasteiger partial charge on any atom is -0.478 e. The molecular formula is C12H8N2O2S2. The van der Waals surface area contributed by atoms with Crippen LogP contribution in [0.4, 0.5) is 0 Å². The fourth-order valence-electron chi connectivity index (χ4n) is 1.97. The number of benzene rings is 1. The molecule has 0 spiro atoms. The third-order valence-corrected chi connectivity index (χ3v) is 3.97. The Morgan fingerprint density at radius 1 is 1.50 bits per heavy atom. The van der Waals surface area contributed by atoms with E-state index in [9.17, 15) is 9.90 Å². The highest BCUT2D eigenvalue weighted by molar-refractivity contribution is 7.73. The maximum absolute atomic E-state index is 11.5. The minimum absolute atomic E-state index is 0.274. The normalized spacial score (nSPS) is 11.2. The highest BCUT2D eigenvalue weighted by Crippen LogP contribution is 2.29. The fraction of sp³-hybridized carbons (Fsp3) is 0.0833. The molecule has 4 nitrogen and oxygen atoms in total. The van der Waals surface area contributed by atoms with E-state index in [4.69, 9.17) is 12.2 Å². The lowest BCUT2D eigenvalue weighted by atomic mass is 10.1. The Morgan fingerprint density at radius 3 is 3.00 bits per heavy atom. The summed E-state index contributed by atoms with van der Waals surface area (Å²) in [5, 5.41) is 10.1. The molecular weight excluding hydrogens is 268 g/mol. The Balaban J connectivity index is 2.62. The van der Waals surface area contributed by atoms with Crippen LogP contribution in [0, 0.1) is 10.9 Å². The first-order chi connectivity index (χ1) is 8.56. The Labute approximate surface area is 111 Å². The average molecular weight is 276 g/mol. The van der Waals surface area contributed by atoms with Gasteiger partial charge in [0.1, 0.15) is 0 Å². The van der Waals surface area contributed by atoms with Crippen molar-refractivity contribution in [2.45, 2.75) is 6.92 Å². The van der Waals surface area contributed by atoms with Gasteiger partial charge in [0.2, 0.25) is 0 Å². The van der Waals surface area contributed by atoms with Gasteiger partial charge in [-0.1, -0.05) is 11.6 Å². The molecule has 1 aromatic carbocycles. The highest BCUT2D eigenvalue weighted by atomic mass is 32.1. The van der Waals surface area contributed by atoms with Crippen molar-refractivity contribution in [3.05, 3.63) is 33.3 Å². The molecule has 3 aromatic rings. The van der Waals surface area contributed by atoms with E-state index >= 15 is 0 Å². The number of H-pyrrole nitrogens is 1. The van der Waals surface area contributed by atoms with E-state index in [1.165, 1.54) is 11.3 Å². The first-order valence-corrected chi connectivity index (χ1v) is 6.45. The van der Waals surface area contributed by atoms with E-state index in [0.29, 0.717) is 25.2 Å². The molecule has 0 saturated carbocycles. The van der Waals surface area contributed by atoms with E-state index in [-0.39, 0.29) is 5.56 Å². The summed E-state index contributed by atoms with van der Waals surface area (Å²) in [6, 6.07) is 5.58. The van der Waals surface area contributed by atoms with Crippen molar-refractivity contribution < 1.29 is 9.90 Å². The molecule has 0 fully saturated rings. The molecule has 0 unspecified atom stereocenters. The second-order valence-corrected chi connectivity index (χ2v) is 5.69. The molecule has 2 N–H and O–H groups in total. The van der Waals surface area contributed by atoms with Crippen LogP contribution in [0.3, 0.4) is 0 Å². The van der Waals surface area contributed by atoms with Gasteiger partial charge in [-0.2, -0.15) is 0 Å². The first kappa shape index (κ1) is 11.3. The van der Waals surface area contributed by atoms with Crippen LogP contribution in [0.1, 0.15) is 15.9 Å². The van der Waals surface area contributed by atoms with E-state index < -0.39 is 5.97 Å². The van der Waals surface area contributed by atoms with Gasteiger partial charge in [-0.05, 0) is 31.3 Å².